The average molecular weight is 390 g/mol. The maximum Gasteiger partial charge on any atom is 0.228 e. The van der Waals surface area contributed by atoms with Crippen LogP contribution in [0.4, 0.5) is 10.1 Å². The van der Waals surface area contributed by atoms with Crippen LogP contribution in [0, 0.1) is 18.2 Å². The summed E-state index contributed by atoms with van der Waals surface area (Å²) in [5.74, 6) is 2.87. The number of pyridine rings is 1. The van der Waals surface area contributed by atoms with E-state index in [1.54, 1.807) is 42.6 Å². The molecule has 146 valence electrons. The molecule has 2 aromatic carbocycles. The lowest BCUT2D eigenvalue weighted by molar-refractivity contribution is -0.115. The van der Waals surface area contributed by atoms with Crippen LogP contribution in [0.15, 0.2) is 60.8 Å². The van der Waals surface area contributed by atoms with Gasteiger partial charge in [-0.3, -0.25) is 9.78 Å². The summed E-state index contributed by atoms with van der Waals surface area (Å²) in [6, 6.07) is 14.6. The van der Waals surface area contributed by atoms with Crippen LogP contribution in [-0.2, 0) is 11.2 Å². The van der Waals surface area contributed by atoms with Gasteiger partial charge in [0.2, 0.25) is 5.91 Å². The van der Waals surface area contributed by atoms with E-state index in [1.807, 2.05) is 6.07 Å². The number of hydrogen-bond donors (Lipinski definition) is 1. The lowest BCUT2D eigenvalue weighted by atomic mass is 10.1. The van der Waals surface area contributed by atoms with Crippen LogP contribution in [0.2, 0.25) is 0 Å². The third-order valence-corrected chi connectivity index (χ3v) is 4.11. The number of hydrogen-bond acceptors (Lipinski definition) is 4. The Morgan fingerprint density at radius 2 is 1.97 bits per heavy atom. The highest BCUT2D eigenvalue weighted by Gasteiger charge is 2.13. The molecule has 0 saturated heterocycles. The standard InChI is InChI=1S/C23H19FN2O3/c1-3-13-29-20-11-8-17(15-21(20)28-2)23-19(5-4-12-25-23)26-22(27)14-16-6-9-18(24)10-7-16/h1,4-12,15H,13-14H2,2H3,(H,26,27). The molecule has 29 heavy (non-hydrogen) atoms. The summed E-state index contributed by atoms with van der Waals surface area (Å²) >= 11 is 0. The van der Waals surface area contributed by atoms with E-state index in [9.17, 15) is 9.18 Å². The number of halogens is 1. The minimum absolute atomic E-state index is 0.122. The van der Waals surface area contributed by atoms with Crippen LogP contribution in [0.1, 0.15) is 5.56 Å². The van der Waals surface area contributed by atoms with E-state index in [0.29, 0.717) is 28.4 Å². The molecule has 0 aliphatic carbocycles. The van der Waals surface area contributed by atoms with E-state index in [4.69, 9.17) is 15.9 Å². The van der Waals surface area contributed by atoms with Crippen molar-refractivity contribution >= 4 is 11.6 Å². The molecule has 6 heteroatoms. The van der Waals surface area contributed by atoms with E-state index < -0.39 is 0 Å². The molecular formula is C23H19FN2O3. The lowest BCUT2D eigenvalue weighted by Gasteiger charge is -2.13. The third kappa shape index (κ3) is 5.11. The quantitative estimate of drug-likeness (QED) is 0.618. The zero-order valence-corrected chi connectivity index (χ0v) is 15.8. The number of nitrogens with zero attached hydrogens (tertiary/aromatic N) is 1. The van der Waals surface area contributed by atoms with Crippen LogP contribution in [0.3, 0.4) is 0 Å². The Morgan fingerprint density at radius 3 is 2.69 bits per heavy atom. The molecule has 1 amide bonds. The molecule has 0 radical (unpaired) electrons. The van der Waals surface area contributed by atoms with E-state index in [-0.39, 0.29) is 24.8 Å². The second-order valence-corrected chi connectivity index (χ2v) is 6.11. The lowest BCUT2D eigenvalue weighted by Crippen LogP contribution is -2.15. The maximum absolute atomic E-state index is 13.0. The Hall–Kier alpha value is -3.85. The highest BCUT2D eigenvalue weighted by atomic mass is 19.1. The molecule has 3 aromatic rings. The topological polar surface area (TPSA) is 60.5 Å². The summed E-state index contributed by atoms with van der Waals surface area (Å²) in [5, 5.41) is 2.86. The number of nitrogens with one attached hydrogen (secondary N) is 1. The highest BCUT2D eigenvalue weighted by Crippen LogP contribution is 2.34. The number of benzene rings is 2. The summed E-state index contributed by atoms with van der Waals surface area (Å²) in [6.07, 6.45) is 6.99. The van der Waals surface area contributed by atoms with E-state index in [2.05, 4.69) is 16.2 Å². The minimum atomic E-state index is -0.340. The highest BCUT2D eigenvalue weighted by molar-refractivity contribution is 5.95. The number of methoxy groups -OCH3 is 1. The molecule has 0 atom stereocenters. The minimum Gasteiger partial charge on any atom is -0.493 e. The fourth-order valence-corrected chi connectivity index (χ4v) is 2.77. The summed E-state index contributed by atoms with van der Waals surface area (Å²) in [5.41, 5.74) is 2.60. The van der Waals surface area contributed by atoms with Crippen molar-refractivity contribution in [2.45, 2.75) is 6.42 Å². The molecule has 0 fully saturated rings. The maximum atomic E-state index is 13.0. The molecule has 0 saturated carbocycles. The van der Waals surface area contributed by atoms with Crippen LogP contribution in [-0.4, -0.2) is 24.6 Å². The summed E-state index contributed by atoms with van der Waals surface area (Å²) in [7, 11) is 1.53. The van der Waals surface area contributed by atoms with Gasteiger partial charge in [-0.05, 0) is 48.0 Å². The molecule has 1 aromatic heterocycles. The first-order valence-electron chi connectivity index (χ1n) is 8.84. The van der Waals surface area contributed by atoms with Crippen molar-refractivity contribution in [2.75, 3.05) is 19.0 Å². The Labute approximate surface area is 168 Å². The first-order valence-corrected chi connectivity index (χ1v) is 8.84. The smallest absolute Gasteiger partial charge is 0.228 e. The number of amides is 1. The SMILES string of the molecule is C#CCOc1ccc(-c2ncccc2NC(=O)Cc2ccc(F)cc2)cc1OC. The van der Waals surface area contributed by atoms with Gasteiger partial charge in [-0.1, -0.05) is 18.1 Å². The first kappa shape index (κ1) is 19.9. The third-order valence-electron chi connectivity index (χ3n) is 4.11. The normalized spacial score (nSPS) is 10.1. The van der Waals surface area contributed by atoms with Gasteiger partial charge < -0.3 is 14.8 Å². The van der Waals surface area contributed by atoms with Crippen molar-refractivity contribution < 1.29 is 18.7 Å². The van der Waals surface area contributed by atoms with Crippen molar-refractivity contribution in [3.63, 3.8) is 0 Å². The van der Waals surface area contributed by atoms with Gasteiger partial charge in [0.05, 0.1) is 24.9 Å². The fourth-order valence-electron chi connectivity index (χ4n) is 2.77. The van der Waals surface area contributed by atoms with Crippen LogP contribution >= 0.6 is 0 Å². The van der Waals surface area contributed by atoms with Gasteiger partial charge in [0.25, 0.3) is 0 Å². The predicted molar refractivity (Wildman–Crippen MR) is 109 cm³/mol. The van der Waals surface area contributed by atoms with Gasteiger partial charge in [-0.25, -0.2) is 4.39 Å². The van der Waals surface area contributed by atoms with Gasteiger partial charge >= 0.3 is 0 Å². The molecule has 0 bridgehead atoms. The van der Waals surface area contributed by atoms with Crippen LogP contribution in [0.5, 0.6) is 11.5 Å². The van der Waals surface area contributed by atoms with Gasteiger partial charge in [-0.2, -0.15) is 0 Å². The summed E-state index contributed by atoms with van der Waals surface area (Å²) in [6.45, 7) is 0.129. The van der Waals surface area contributed by atoms with Crippen molar-refractivity contribution in [1.29, 1.82) is 0 Å². The Bertz CT molecular complexity index is 1040. The summed E-state index contributed by atoms with van der Waals surface area (Å²) < 4.78 is 23.9. The second kappa shape index (κ2) is 9.38. The van der Waals surface area contributed by atoms with Crippen molar-refractivity contribution in [2.24, 2.45) is 0 Å². The molecule has 0 unspecified atom stereocenters. The van der Waals surface area contributed by atoms with Crippen LogP contribution in [0.25, 0.3) is 11.3 Å². The molecule has 5 nitrogen and oxygen atoms in total. The molecule has 0 spiro atoms. The number of carbonyl (C=O) groups excluding carboxylic acids is 1. The number of aromatic nitrogens is 1. The molecule has 1 heterocycles. The average Bonchev–Trinajstić information content (AvgIpc) is 2.74. The van der Waals surface area contributed by atoms with Gasteiger partial charge in [-0.15, -0.1) is 6.42 Å². The Kier molecular flexibility index (Phi) is 6.43. The van der Waals surface area contributed by atoms with Gasteiger partial charge in [0.1, 0.15) is 12.4 Å². The van der Waals surface area contributed by atoms with Crippen LogP contribution < -0.4 is 14.8 Å². The van der Waals surface area contributed by atoms with E-state index >= 15 is 0 Å². The Morgan fingerprint density at radius 1 is 1.17 bits per heavy atom. The fraction of sp³-hybridized carbons (Fsp3) is 0.130. The number of terminal acetylenes is 1. The zero-order valence-electron chi connectivity index (χ0n) is 15.8. The first-order chi connectivity index (χ1) is 14.1. The Balaban J connectivity index is 1.82. The number of rotatable bonds is 7. The number of carbonyl (C=O) groups is 1. The summed E-state index contributed by atoms with van der Waals surface area (Å²) in [4.78, 5) is 16.8. The molecule has 0 aliphatic rings. The van der Waals surface area contributed by atoms with Gasteiger partial charge in [0, 0.05) is 11.8 Å². The monoisotopic (exact) mass is 390 g/mol. The van der Waals surface area contributed by atoms with Crippen molar-refractivity contribution in [3.05, 3.63) is 72.2 Å². The predicted octanol–water partition coefficient (Wildman–Crippen LogP) is 4.09. The number of ether oxygens (including phenoxy) is 2. The molecule has 0 aliphatic heterocycles. The second-order valence-electron chi connectivity index (χ2n) is 6.11. The number of anilines is 1. The van der Waals surface area contributed by atoms with E-state index in [0.717, 1.165) is 5.56 Å². The van der Waals surface area contributed by atoms with Crippen molar-refractivity contribution in [1.82, 2.24) is 4.98 Å². The molecule has 3 rings (SSSR count). The largest absolute Gasteiger partial charge is 0.493 e. The molecular weight excluding hydrogens is 371 g/mol. The van der Waals surface area contributed by atoms with Crippen molar-refractivity contribution in [3.8, 4) is 35.1 Å². The zero-order chi connectivity index (χ0) is 20.6. The van der Waals surface area contributed by atoms with E-state index in [1.165, 1.54) is 19.2 Å². The molecule has 1 N–H and O–H groups in total. The van der Waals surface area contributed by atoms with Gasteiger partial charge in [0.15, 0.2) is 11.5 Å².